The fourth-order valence-corrected chi connectivity index (χ4v) is 4.00. The number of alkyl halides is 7. The van der Waals surface area contributed by atoms with Crippen molar-refractivity contribution in [2.75, 3.05) is 32.1 Å². The van der Waals surface area contributed by atoms with Crippen molar-refractivity contribution in [2.45, 2.75) is 27.1 Å². The van der Waals surface area contributed by atoms with Crippen LogP contribution in [0.4, 0.5) is 36.4 Å². The van der Waals surface area contributed by atoms with E-state index in [4.69, 9.17) is 4.74 Å². The molecule has 1 aliphatic heterocycles. The number of hydrogen-bond acceptors (Lipinski definition) is 6. The summed E-state index contributed by atoms with van der Waals surface area (Å²) in [6.07, 6.45) is -6.51. The number of nitro benzene ring substituents is 1. The van der Waals surface area contributed by atoms with Gasteiger partial charge in [-0.3, -0.25) is 14.9 Å². The maximum absolute atomic E-state index is 13.5. The fraction of sp³-hybridized carbons (Fsp3) is 0.533. The number of hydrogen-bond donors (Lipinski definition) is 0. The first-order valence-electron chi connectivity index (χ1n) is 8.04. The van der Waals surface area contributed by atoms with Crippen LogP contribution in [0.25, 0.3) is 0 Å². The summed E-state index contributed by atoms with van der Waals surface area (Å²) in [6.45, 7) is 1.33. The van der Waals surface area contributed by atoms with Crippen LogP contribution in [0, 0.1) is 10.1 Å². The number of nitrogens with zero attached hydrogens (tertiary/aromatic N) is 2. The van der Waals surface area contributed by atoms with E-state index in [1.807, 2.05) is 0 Å². The van der Waals surface area contributed by atoms with Crippen molar-refractivity contribution in [3.8, 4) is 0 Å². The summed E-state index contributed by atoms with van der Waals surface area (Å²) in [4.78, 5) is 22.8. The molecule has 2 rings (SSSR count). The van der Waals surface area contributed by atoms with Crippen molar-refractivity contribution in [1.82, 2.24) is 4.90 Å². The maximum Gasteiger partial charge on any atom is 0.460 e. The fourth-order valence-electron chi connectivity index (χ4n) is 2.25. The van der Waals surface area contributed by atoms with E-state index < -0.39 is 44.6 Å². The average Bonchev–Trinajstić information content (AvgIpc) is 2.66. The van der Waals surface area contributed by atoms with Crippen LogP contribution < -0.4 is 0 Å². The second-order valence-corrected chi connectivity index (χ2v) is 8.06. The Hall–Kier alpha value is -1.74. The molecule has 0 N–H and O–H groups in total. The minimum atomic E-state index is -6.51. The third-order valence-electron chi connectivity index (χ3n) is 3.81. The zero-order valence-electron chi connectivity index (χ0n) is 14.8. The number of ether oxygens (including phenoxy) is 1. The second-order valence-electron chi connectivity index (χ2n) is 5.86. The summed E-state index contributed by atoms with van der Waals surface area (Å²) in [6, 6.07) is 2.13. The number of amides is 1. The minimum Gasteiger partial charge on any atom is -0.378 e. The van der Waals surface area contributed by atoms with Crippen molar-refractivity contribution in [2.24, 2.45) is 0 Å². The Morgan fingerprint density at radius 2 is 1.73 bits per heavy atom. The van der Waals surface area contributed by atoms with E-state index in [0.29, 0.717) is 44.1 Å². The lowest BCUT2D eigenvalue weighted by atomic mass is 10.3. The van der Waals surface area contributed by atoms with E-state index in [1.54, 1.807) is 0 Å². The summed E-state index contributed by atoms with van der Waals surface area (Å²) in [5.74, 6) is -6.93. The molecule has 0 aromatic heterocycles. The number of carbonyl (C=O) groups excluding carboxylic acids is 1. The molecular weight excluding hydrogens is 469 g/mol. The summed E-state index contributed by atoms with van der Waals surface area (Å²) < 4.78 is 94.9. The van der Waals surface area contributed by atoms with E-state index >= 15 is 0 Å². The van der Waals surface area contributed by atoms with E-state index in [0.717, 1.165) is 12.1 Å². The van der Waals surface area contributed by atoms with Gasteiger partial charge in [-0.25, -0.2) is 0 Å². The molecule has 1 aliphatic rings. The van der Waals surface area contributed by atoms with Gasteiger partial charge in [-0.1, -0.05) is 0 Å². The highest BCUT2D eigenvalue weighted by Gasteiger charge is 2.73. The summed E-state index contributed by atoms with van der Waals surface area (Å²) in [5, 5.41) is 5.60. The van der Waals surface area contributed by atoms with Gasteiger partial charge in [0, 0.05) is 24.1 Å². The molecule has 1 amide bonds. The molecule has 1 heterocycles. The van der Waals surface area contributed by atoms with Gasteiger partial charge in [-0.2, -0.15) is 30.7 Å². The molecule has 1 saturated heterocycles. The number of halogens is 7. The molecule has 30 heavy (non-hydrogen) atoms. The van der Waals surface area contributed by atoms with E-state index in [9.17, 15) is 45.6 Å². The van der Waals surface area contributed by atoms with Crippen LogP contribution in [0.2, 0.25) is 0 Å². The van der Waals surface area contributed by atoms with E-state index in [1.165, 1.54) is 4.90 Å². The van der Waals surface area contributed by atoms with Gasteiger partial charge in [0.05, 0.1) is 28.8 Å². The smallest absolute Gasteiger partial charge is 0.378 e. The number of carbonyl (C=O) groups is 1. The molecule has 0 unspecified atom stereocenters. The summed E-state index contributed by atoms with van der Waals surface area (Å²) >= 11 is -0.424. The van der Waals surface area contributed by atoms with Crippen LogP contribution in [0.3, 0.4) is 0 Å². The monoisotopic (exact) mass is 482 g/mol. The van der Waals surface area contributed by atoms with Gasteiger partial charge < -0.3 is 9.64 Å². The Bertz CT molecular complexity index is 802. The Balaban J connectivity index is 2.16. The first kappa shape index (κ1) is 24.5. The van der Waals surface area contributed by atoms with Crippen LogP contribution >= 0.6 is 23.5 Å². The molecule has 1 aromatic rings. The lowest BCUT2D eigenvalue weighted by Gasteiger charge is -2.27. The Morgan fingerprint density at radius 1 is 1.13 bits per heavy atom. The van der Waals surface area contributed by atoms with Crippen molar-refractivity contribution < 1.29 is 45.2 Å². The number of nitro groups is 1. The topological polar surface area (TPSA) is 72.7 Å². The molecule has 0 spiro atoms. The van der Waals surface area contributed by atoms with Crippen LogP contribution in [-0.2, 0) is 9.53 Å². The van der Waals surface area contributed by atoms with Gasteiger partial charge in [-0.15, -0.1) is 11.8 Å². The summed E-state index contributed by atoms with van der Waals surface area (Å²) in [7, 11) is 0. The highest BCUT2D eigenvalue weighted by atomic mass is 32.2. The molecule has 15 heteroatoms. The van der Waals surface area contributed by atoms with E-state index in [2.05, 4.69) is 0 Å². The lowest BCUT2D eigenvalue weighted by molar-refractivity contribution is -0.387. The Labute approximate surface area is 173 Å². The van der Waals surface area contributed by atoms with Crippen LogP contribution in [-0.4, -0.2) is 65.1 Å². The molecule has 0 aliphatic carbocycles. The SMILES string of the molecule is O=C(CSc1ccc(SC(F)(F)C(F)(F)C(F)(F)F)cc1[N+](=O)[O-])N1CCOCC1. The minimum absolute atomic E-state index is 0.128. The van der Waals surface area contributed by atoms with Crippen LogP contribution in [0.5, 0.6) is 0 Å². The average molecular weight is 482 g/mol. The highest BCUT2D eigenvalue weighted by Crippen LogP contribution is 2.54. The van der Waals surface area contributed by atoms with Gasteiger partial charge >= 0.3 is 17.4 Å². The molecule has 0 saturated carbocycles. The molecule has 0 bridgehead atoms. The number of morpholine rings is 1. The third-order valence-corrected chi connectivity index (χ3v) is 5.86. The normalized spacial score (nSPS) is 15.9. The number of benzene rings is 1. The van der Waals surface area contributed by atoms with Gasteiger partial charge in [0.1, 0.15) is 0 Å². The van der Waals surface area contributed by atoms with Crippen molar-refractivity contribution in [3.63, 3.8) is 0 Å². The van der Waals surface area contributed by atoms with Gasteiger partial charge in [0.25, 0.3) is 5.69 Å². The first-order valence-corrected chi connectivity index (χ1v) is 9.84. The Kier molecular flexibility index (Phi) is 7.50. The van der Waals surface area contributed by atoms with Gasteiger partial charge in [0.15, 0.2) is 0 Å². The van der Waals surface area contributed by atoms with Gasteiger partial charge in [-0.05, 0) is 23.9 Å². The molecule has 168 valence electrons. The molecule has 0 radical (unpaired) electrons. The molecule has 0 atom stereocenters. The maximum atomic E-state index is 13.5. The van der Waals surface area contributed by atoms with E-state index in [-0.39, 0.29) is 16.6 Å². The molecule has 1 fully saturated rings. The predicted molar refractivity (Wildman–Crippen MR) is 93.0 cm³/mol. The standard InChI is InChI=1S/C15H13F7N2O4S2/c16-13(17,14(18,19)20)15(21,22)30-9-1-2-11(10(7-9)24(26)27)29-8-12(25)23-3-5-28-6-4-23/h1-2,7H,3-6,8H2. The highest BCUT2D eigenvalue weighted by molar-refractivity contribution is 8.00. The Morgan fingerprint density at radius 3 is 2.27 bits per heavy atom. The van der Waals surface area contributed by atoms with Crippen molar-refractivity contribution in [3.05, 3.63) is 28.3 Å². The van der Waals surface area contributed by atoms with Gasteiger partial charge in [0.2, 0.25) is 5.91 Å². The molecular formula is C15H13F7N2O4S2. The predicted octanol–water partition coefficient (Wildman–Crippen LogP) is 4.43. The molecule has 6 nitrogen and oxygen atoms in total. The largest absolute Gasteiger partial charge is 0.460 e. The lowest BCUT2D eigenvalue weighted by Crippen LogP contribution is -2.49. The molecule has 1 aromatic carbocycles. The summed E-state index contributed by atoms with van der Waals surface area (Å²) in [5.41, 5.74) is -0.800. The van der Waals surface area contributed by atoms with Crippen LogP contribution in [0.15, 0.2) is 28.0 Å². The zero-order chi connectivity index (χ0) is 22.7. The quantitative estimate of drug-likeness (QED) is 0.248. The second kappa shape index (κ2) is 9.18. The number of rotatable bonds is 7. The first-order chi connectivity index (χ1) is 13.8. The number of thioether (sulfide) groups is 2. The zero-order valence-corrected chi connectivity index (χ0v) is 16.4. The van der Waals surface area contributed by atoms with Crippen LogP contribution in [0.1, 0.15) is 0 Å². The van der Waals surface area contributed by atoms with Crippen molar-refractivity contribution in [1.29, 1.82) is 0 Å². The third kappa shape index (κ3) is 5.49. The van der Waals surface area contributed by atoms with Crippen molar-refractivity contribution >= 4 is 35.1 Å².